The largest absolute Gasteiger partial charge is 0.481 e. The van der Waals surface area contributed by atoms with Crippen molar-refractivity contribution in [1.29, 1.82) is 0 Å². The molecule has 0 atom stereocenters. The van der Waals surface area contributed by atoms with Gasteiger partial charge in [0.25, 0.3) is 0 Å². The maximum absolute atomic E-state index is 6.08. The first-order chi connectivity index (χ1) is 8.69. The van der Waals surface area contributed by atoms with Gasteiger partial charge in [-0.05, 0) is 29.8 Å². The van der Waals surface area contributed by atoms with Crippen LogP contribution in [0.25, 0.3) is 0 Å². The lowest BCUT2D eigenvalue weighted by Gasteiger charge is -2.08. The van der Waals surface area contributed by atoms with Gasteiger partial charge in [0.2, 0.25) is 5.88 Å². The lowest BCUT2D eigenvalue weighted by atomic mass is 10.2. The molecule has 94 valence electrons. The molecule has 18 heavy (non-hydrogen) atoms. The van der Waals surface area contributed by atoms with Gasteiger partial charge in [-0.1, -0.05) is 23.2 Å². The summed E-state index contributed by atoms with van der Waals surface area (Å²) in [7, 11) is 1.58. The molecule has 1 N–H and O–H groups in total. The van der Waals surface area contributed by atoms with Crippen LogP contribution >= 0.6 is 23.2 Å². The number of pyridine rings is 1. The molecule has 2 rings (SSSR count). The molecule has 0 aliphatic heterocycles. The second kappa shape index (κ2) is 5.94. The van der Waals surface area contributed by atoms with Gasteiger partial charge in [0.1, 0.15) is 0 Å². The Labute approximate surface area is 116 Å². The Balaban J connectivity index is 2.04. The van der Waals surface area contributed by atoms with E-state index in [0.29, 0.717) is 22.5 Å². The van der Waals surface area contributed by atoms with E-state index in [1.807, 2.05) is 12.1 Å². The number of nitrogens with zero attached hydrogens (tertiary/aromatic N) is 1. The fourth-order valence-electron chi connectivity index (χ4n) is 1.48. The van der Waals surface area contributed by atoms with Crippen molar-refractivity contribution in [3.05, 3.63) is 52.1 Å². The summed E-state index contributed by atoms with van der Waals surface area (Å²) in [5, 5.41) is 4.58. The van der Waals surface area contributed by atoms with E-state index in [2.05, 4.69) is 10.3 Å². The van der Waals surface area contributed by atoms with Gasteiger partial charge in [0.15, 0.2) is 0 Å². The molecule has 2 aromatic rings. The minimum Gasteiger partial charge on any atom is -0.481 e. The van der Waals surface area contributed by atoms with Crippen LogP contribution < -0.4 is 10.1 Å². The molecule has 0 saturated carbocycles. The first-order valence-corrected chi connectivity index (χ1v) is 6.12. The Morgan fingerprint density at radius 2 is 2.06 bits per heavy atom. The summed E-state index contributed by atoms with van der Waals surface area (Å²) in [6.45, 7) is 0.591. The van der Waals surface area contributed by atoms with Gasteiger partial charge in [0, 0.05) is 22.7 Å². The maximum atomic E-state index is 6.08. The second-order valence-electron chi connectivity index (χ2n) is 3.68. The fourth-order valence-corrected chi connectivity index (χ4v) is 1.86. The fraction of sp³-hybridized carbons (Fsp3) is 0.154. The van der Waals surface area contributed by atoms with Gasteiger partial charge in [-0.2, -0.15) is 0 Å². The Kier molecular flexibility index (Phi) is 4.28. The molecule has 0 bridgehead atoms. The van der Waals surface area contributed by atoms with Crippen LogP contribution in [0.1, 0.15) is 5.56 Å². The van der Waals surface area contributed by atoms with Gasteiger partial charge in [-0.15, -0.1) is 0 Å². The van der Waals surface area contributed by atoms with Crippen molar-refractivity contribution < 1.29 is 4.74 Å². The molecule has 0 fully saturated rings. The van der Waals surface area contributed by atoms with Crippen molar-refractivity contribution in [1.82, 2.24) is 4.98 Å². The zero-order chi connectivity index (χ0) is 13.0. The summed E-state index contributed by atoms with van der Waals surface area (Å²) in [6.07, 6.45) is 1.71. The highest BCUT2D eigenvalue weighted by Gasteiger charge is 2.02. The normalized spacial score (nSPS) is 10.2. The van der Waals surface area contributed by atoms with Crippen molar-refractivity contribution in [3.8, 4) is 5.88 Å². The number of ether oxygens (including phenoxy) is 1. The summed E-state index contributed by atoms with van der Waals surface area (Å²) >= 11 is 12.0. The number of benzene rings is 1. The quantitative estimate of drug-likeness (QED) is 0.920. The second-order valence-corrected chi connectivity index (χ2v) is 4.52. The smallest absolute Gasteiger partial charge is 0.213 e. The molecule has 0 aliphatic rings. The number of methoxy groups -OCH3 is 1. The van der Waals surface area contributed by atoms with Crippen LogP contribution in [0.2, 0.25) is 10.0 Å². The highest BCUT2D eigenvalue weighted by Crippen LogP contribution is 2.21. The standard InChI is InChI=1S/C13H12Cl2N2O/c1-18-13-5-3-11(8-17-13)16-7-9-6-10(14)2-4-12(9)15/h2-6,8,16H,7H2,1H3. The summed E-state index contributed by atoms with van der Waals surface area (Å²) < 4.78 is 4.99. The average molecular weight is 283 g/mol. The SMILES string of the molecule is COc1ccc(NCc2cc(Cl)ccc2Cl)cn1. The zero-order valence-electron chi connectivity index (χ0n) is 9.78. The average Bonchev–Trinajstić information content (AvgIpc) is 2.40. The number of aromatic nitrogens is 1. The molecule has 5 heteroatoms. The summed E-state index contributed by atoms with van der Waals surface area (Å²) in [5.41, 5.74) is 1.84. The first kappa shape index (κ1) is 13.0. The molecule has 3 nitrogen and oxygen atoms in total. The van der Waals surface area contributed by atoms with E-state index in [4.69, 9.17) is 27.9 Å². The van der Waals surface area contributed by atoms with Gasteiger partial charge >= 0.3 is 0 Å². The van der Waals surface area contributed by atoms with Crippen LogP contribution in [0.4, 0.5) is 5.69 Å². The van der Waals surface area contributed by atoms with Crippen molar-refractivity contribution in [2.24, 2.45) is 0 Å². The lowest BCUT2D eigenvalue weighted by Crippen LogP contribution is -2.00. The predicted octanol–water partition coefficient (Wildman–Crippen LogP) is 4.01. The third-order valence-corrected chi connectivity index (χ3v) is 3.04. The van der Waals surface area contributed by atoms with Gasteiger partial charge in [0.05, 0.1) is 19.0 Å². The molecule has 0 spiro atoms. The Morgan fingerprint density at radius 1 is 1.22 bits per heavy atom. The van der Waals surface area contributed by atoms with E-state index in [9.17, 15) is 0 Å². The number of hydrogen-bond donors (Lipinski definition) is 1. The van der Waals surface area contributed by atoms with Crippen molar-refractivity contribution in [3.63, 3.8) is 0 Å². The van der Waals surface area contributed by atoms with Crippen LogP contribution in [0.3, 0.4) is 0 Å². The van der Waals surface area contributed by atoms with Gasteiger partial charge in [-0.3, -0.25) is 0 Å². The minimum atomic E-state index is 0.585. The summed E-state index contributed by atoms with van der Waals surface area (Å²) in [4.78, 5) is 4.11. The van der Waals surface area contributed by atoms with Crippen LogP contribution in [0.5, 0.6) is 5.88 Å². The van der Waals surface area contributed by atoms with Gasteiger partial charge < -0.3 is 10.1 Å². The molecule has 1 aromatic carbocycles. The number of rotatable bonds is 4. The van der Waals surface area contributed by atoms with Crippen LogP contribution in [-0.2, 0) is 6.54 Å². The number of nitrogens with one attached hydrogen (secondary N) is 1. The third kappa shape index (κ3) is 3.28. The Hall–Kier alpha value is -1.45. The van der Waals surface area contributed by atoms with Crippen molar-refractivity contribution in [2.45, 2.75) is 6.54 Å². The summed E-state index contributed by atoms with van der Waals surface area (Å²) in [6, 6.07) is 9.08. The number of anilines is 1. The molecule has 0 unspecified atom stereocenters. The Bertz CT molecular complexity index is 529. The molecule has 0 radical (unpaired) electrons. The molecule has 1 heterocycles. The topological polar surface area (TPSA) is 34.1 Å². The molecule has 1 aromatic heterocycles. The number of hydrogen-bond acceptors (Lipinski definition) is 3. The minimum absolute atomic E-state index is 0.585. The van der Waals surface area contributed by atoms with E-state index in [1.165, 1.54) is 0 Å². The highest BCUT2D eigenvalue weighted by atomic mass is 35.5. The van der Waals surface area contributed by atoms with E-state index in [-0.39, 0.29) is 0 Å². The van der Waals surface area contributed by atoms with Gasteiger partial charge in [-0.25, -0.2) is 4.98 Å². The van der Waals surface area contributed by atoms with E-state index in [0.717, 1.165) is 11.3 Å². The number of halogens is 2. The molecule has 0 saturated heterocycles. The predicted molar refractivity (Wildman–Crippen MR) is 74.6 cm³/mol. The van der Waals surface area contributed by atoms with E-state index in [1.54, 1.807) is 31.5 Å². The lowest BCUT2D eigenvalue weighted by molar-refractivity contribution is 0.398. The zero-order valence-corrected chi connectivity index (χ0v) is 11.3. The molecule has 0 amide bonds. The van der Waals surface area contributed by atoms with E-state index >= 15 is 0 Å². The van der Waals surface area contributed by atoms with Crippen molar-refractivity contribution >= 4 is 28.9 Å². The molecular weight excluding hydrogens is 271 g/mol. The molecular formula is C13H12Cl2N2O. The summed E-state index contributed by atoms with van der Waals surface area (Å²) in [5.74, 6) is 0.585. The van der Waals surface area contributed by atoms with Crippen molar-refractivity contribution in [2.75, 3.05) is 12.4 Å². The van der Waals surface area contributed by atoms with E-state index < -0.39 is 0 Å². The van der Waals surface area contributed by atoms with Crippen LogP contribution in [0, 0.1) is 0 Å². The molecule has 0 aliphatic carbocycles. The highest BCUT2D eigenvalue weighted by molar-refractivity contribution is 6.33. The third-order valence-electron chi connectivity index (χ3n) is 2.44. The first-order valence-electron chi connectivity index (χ1n) is 5.37. The van der Waals surface area contributed by atoms with Crippen LogP contribution in [-0.4, -0.2) is 12.1 Å². The monoisotopic (exact) mass is 282 g/mol. The Morgan fingerprint density at radius 3 is 2.72 bits per heavy atom. The van der Waals surface area contributed by atoms with Crippen LogP contribution in [0.15, 0.2) is 36.5 Å². The maximum Gasteiger partial charge on any atom is 0.213 e.